The summed E-state index contributed by atoms with van der Waals surface area (Å²) in [6.45, 7) is 2.29. The summed E-state index contributed by atoms with van der Waals surface area (Å²) in [5.41, 5.74) is 0.0968. The third kappa shape index (κ3) is 2.31. The average molecular weight is 307 g/mol. The fourth-order valence-corrected chi connectivity index (χ4v) is 3.63. The Balaban J connectivity index is 1.86. The number of rotatable bonds is 2. The highest BCUT2D eigenvalue weighted by molar-refractivity contribution is 6.31. The van der Waals surface area contributed by atoms with Gasteiger partial charge in [-0.3, -0.25) is 9.69 Å². The third-order valence-corrected chi connectivity index (χ3v) is 5.16. The van der Waals surface area contributed by atoms with Gasteiger partial charge in [0.15, 0.2) is 0 Å². The number of nitrogens with one attached hydrogen (secondary N) is 1. The number of hydrogen-bond donors (Lipinski definition) is 1. The van der Waals surface area contributed by atoms with Crippen molar-refractivity contribution in [2.24, 2.45) is 5.92 Å². The summed E-state index contributed by atoms with van der Waals surface area (Å²) in [4.78, 5) is 26.4. The molecule has 1 saturated carbocycles. The molecule has 1 heterocycles. The fraction of sp³-hybridized carbons (Fsp3) is 0.500. The Morgan fingerprint density at radius 2 is 2.10 bits per heavy atom. The molecule has 3 rings (SSSR count). The molecule has 2 aliphatic rings. The minimum atomic E-state index is -0.698. The molecule has 21 heavy (non-hydrogen) atoms. The molecule has 2 fully saturated rings. The molecule has 1 N–H and O–H groups in total. The highest BCUT2D eigenvalue weighted by Crippen LogP contribution is 2.38. The molecule has 112 valence electrons. The lowest BCUT2D eigenvalue weighted by Crippen LogP contribution is -2.53. The SMILES string of the molecule is C[C@@H]1CCCC[C@]12NC(=O)N(Cc1ccccc1Cl)C2=O. The van der Waals surface area contributed by atoms with Gasteiger partial charge in [-0.15, -0.1) is 0 Å². The Bertz CT molecular complexity index is 589. The Morgan fingerprint density at radius 1 is 1.33 bits per heavy atom. The molecule has 3 amide bonds. The van der Waals surface area contributed by atoms with Crippen molar-refractivity contribution >= 4 is 23.5 Å². The molecular weight excluding hydrogens is 288 g/mol. The van der Waals surface area contributed by atoms with Crippen molar-refractivity contribution in [3.8, 4) is 0 Å². The molecule has 0 aromatic heterocycles. The molecule has 0 radical (unpaired) electrons. The number of carbonyl (C=O) groups is 2. The zero-order chi connectivity index (χ0) is 15.0. The largest absolute Gasteiger partial charge is 0.325 e. The molecule has 1 aliphatic heterocycles. The molecule has 1 aliphatic carbocycles. The molecule has 1 spiro atoms. The van der Waals surface area contributed by atoms with E-state index >= 15 is 0 Å². The molecule has 1 aromatic carbocycles. The topological polar surface area (TPSA) is 49.4 Å². The lowest BCUT2D eigenvalue weighted by Gasteiger charge is -2.36. The highest BCUT2D eigenvalue weighted by Gasteiger charge is 2.54. The van der Waals surface area contributed by atoms with Crippen LogP contribution in [-0.2, 0) is 11.3 Å². The Kier molecular flexibility index (Phi) is 3.66. The van der Waals surface area contributed by atoms with Crippen LogP contribution in [-0.4, -0.2) is 22.4 Å². The number of benzene rings is 1. The van der Waals surface area contributed by atoms with Crippen molar-refractivity contribution < 1.29 is 9.59 Å². The van der Waals surface area contributed by atoms with Gasteiger partial charge in [-0.05, 0) is 30.4 Å². The molecule has 2 atom stereocenters. The fourth-order valence-electron chi connectivity index (χ4n) is 3.44. The smallest absolute Gasteiger partial charge is 0.323 e. The molecular formula is C16H19ClN2O2. The molecule has 1 aromatic rings. The van der Waals surface area contributed by atoms with Gasteiger partial charge in [0, 0.05) is 5.02 Å². The number of carbonyl (C=O) groups excluding carboxylic acids is 2. The maximum absolute atomic E-state index is 12.8. The zero-order valence-electron chi connectivity index (χ0n) is 12.1. The van der Waals surface area contributed by atoms with Gasteiger partial charge in [-0.1, -0.05) is 49.6 Å². The van der Waals surface area contributed by atoms with E-state index in [9.17, 15) is 9.59 Å². The van der Waals surface area contributed by atoms with Crippen LogP contribution >= 0.6 is 11.6 Å². The van der Waals surface area contributed by atoms with E-state index in [0.717, 1.165) is 31.2 Å². The van der Waals surface area contributed by atoms with Crippen LogP contribution in [0.4, 0.5) is 4.79 Å². The van der Waals surface area contributed by atoms with E-state index in [1.54, 1.807) is 6.07 Å². The van der Waals surface area contributed by atoms with E-state index in [4.69, 9.17) is 11.6 Å². The minimum absolute atomic E-state index is 0.0976. The van der Waals surface area contributed by atoms with E-state index in [1.165, 1.54) is 4.90 Å². The first-order chi connectivity index (χ1) is 10.0. The predicted molar refractivity (Wildman–Crippen MR) is 80.9 cm³/mol. The second-order valence-corrected chi connectivity index (χ2v) is 6.44. The Labute approximate surface area is 129 Å². The summed E-state index contributed by atoms with van der Waals surface area (Å²) in [6.07, 6.45) is 3.82. The second-order valence-electron chi connectivity index (χ2n) is 6.03. The van der Waals surface area contributed by atoms with Gasteiger partial charge in [-0.25, -0.2) is 4.79 Å². The molecule has 0 bridgehead atoms. The van der Waals surface area contributed by atoms with Crippen LogP contribution in [0.2, 0.25) is 5.02 Å². The van der Waals surface area contributed by atoms with E-state index in [2.05, 4.69) is 12.2 Å². The number of imide groups is 1. The van der Waals surface area contributed by atoms with E-state index in [-0.39, 0.29) is 24.4 Å². The maximum atomic E-state index is 12.8. The van der Waals surface area contributed by atoms with Crippen LogP contribution in [0.15, 0.2) is 24.3 Å². The maximum Gasteiger partial charge on any atom is 0.325 e. The van der Waals surface area contributed by atoms with E-state index in [0.29, 0.717) is 5.02 Å². The van der Waals surface area contributed by atoms with Crippen molar-refractivity contribution in [1.29, 1.82) is 0 Å². The first-order valence-electron chi connectivity index (χ1n) is 7.42. The van der Waals surface area contributed by atoms with Crippen molar-refractivity contribution in [2.45, 2.75) is 44.7 Å². The van der Waals surface area contributed by atoms with Crippen molar-refractivity contribution in [1.82, 2.24) is 10.2 Å². The minimum Gasteiger partial charge on any atom is -0.323 e. The van der Waals surface area contributed by atoms with Crippen molar-refractivity contribution in [3.63, 3.8) is 0 Å². The summed E-state index contributed by atoms with van der Waals surface area (Å²) in [5, 5.41) is 3.53. The third-order valence-electron chi connectivity index (χ3n) is 4.79. The normalized spacial score (nSPS) is 29.0. The molecule has 1 saturated heterocycles. The summed E-state index contributed by atoms with van der Waals surface area (Å²) >= 11 is 6.13. The Hall–Kier alpha value is -1.55. The summed E-state index contributed by atoms with van der Waals surface area (Å²) < 4.78 is 0. The van der Waals surface area contributed by atoms with Crippen LogP contribution in [0.3, 0.4) is 0 Å². The number of urea groups is 1. The molecule has 5 heteroatoms. The van der Waals surface area contributed by atoms with Crippen LogP contribution in [0.25, 0.3) is 0 Å². The Morgan fingerprint density at radius 3 is 2.81 bits per heavy atom. The zero-order valence-corrected chi connectivity index (χ0v) is 12.8. The van der Waals surface area contributed by atoms with Gasteiger partial charge >= 0.3 is 6.03 Å². The monoisotopic (exact) mass is 306 g/mol. The van der Waals surface area contributed by atoms with Gasteiger partial charge in [0.25, 0.3) is 5.91 Å². The first-order valence-corrected chi connectivity index (χ1v) is 7.80. The number of halogens is 1. The second kappa shape index (κ2) is 5.34. The summed E-state index contributed by atoms with van der Waals surface area (Å²) in [6, 6.07) is 7.02. The van der Waals surface area contributed by atoms with Crippen LogP contribution < -0.4 is 5.32 Å². The first kappa shape index (κ1) is 14.4. The van der Waals surface area contributed by atoms with E-state index in [1.807, 2.05) is 18.2 Å². The standard InChI is InChI=1S/C16H19ClN2O2/c1-11-6-4-5-9-16(11)14(20)19(15(21)18-16)10-12-7-2-3-8-13(12)17/h2-3,7-8,11H,4-6,9-10H2,1H3,(H,18,21)/t11-,16+/m1/s1. The van der Waals surface area contributed by atoms with Crippen molar-refractivity contribution in [3.05, 3.63) is 34.9 Å². The number of nitrogens with zero attached hydrogens (tertiary/aromatic N) is 1. The molecule has 4 nitrogen and oxygen atoms in total. The quantitative estimate of drug-likeness (QED) is 0.852. The lowest BCUT2D eigenvalue weighted by atomic mass is 9.73. The van der Waals surface area contributed by atoms with Crippen LogP contribution in [0, 0.1) is 5.92 Å². The van der Waals surface area contributed by atoms with Gasteiger partial charge in [0.05, 0.1) is 6.54 Å². The van der Waals surface area contributed by atoms with Gasteiger partial charge in [0.2, 0.25) is 0 Å². The van der Waals surface area contributed by atoms with Crippen LogP contribution in [0.5, 0.6) is 0 Å². The number of hydrogen-bond acceptors (Lipinski definition) is 2. The lowest BCUT2D eigenvalue weighted by molar-refractivity contribution is -0.134. The number of amides is 3. The highest BCUT2D eigenvalue weighted by atomic mass is 35.5. The van der Waals surface area contributed by atoms with Gasteiger partial charge in [-0.2, -0.15) is 0 Å². The van der Waals surface area contributed by atoms with E-state index < -0.39 is 5.54 Å². The summed E-state index contributed by atoms with van der Waals surface area (Å²) in [5.74, 6) is 0.0820. The average Bonchev–Trinajstić information content (AvgIpc) is 2.70. The van der Waals surface area contributed by atoms with Gasteiger partial charge in [0.1, 0.15) is 5.54 Å². The van der Waals surface area contributed by atoms with Gasteiger partial charge < -0.3 is 5.32 Å². The summed E-state index contributed by atoms with van der Waals surface area (Å²) in [7, 11) is 0. The predicted octanol–water partition coefficient (Wildman–Crippen LogP) is 3.34. The van der Waals surface area contributed by atoms with Crippen molar-refractivity contribution in [2.75, 3.05) is 0 Å². The molecule has 0 unspecified atom stereocenters. The van der Waals surface area contributed by atoms with Crippen LogP contribution in [0.1, 0.15) is 38.2 Å².